The molecule has 0 spiro atoms. The second-order valence-corrected chi connectivity index (χ2v) is 9.20. The van der Waals surface area contributed by atoms with Gasteiger partial charge in [0, 0.05) is 32.2 Å². The zero-order valence-corrected chi connectivity index (χ0v) is 16.0. The highest BCUT2D eigenvalue weighted by molar-refractivity contribution is 7.89. The number of alkyl halides is 3. The van der Waals surface area contributed by atoms with Gasteiger partial charge in [-0.05, 0) is 36.1 Å². The molecule has 1 unspecified atom stereocenters. The van der Waals surface area contributed by atoms with E-state index >= 15 is 0 Å². The molecule has 2 heterocycles. The molecular formula is C20H21F3N2O2S. The Labute approximate surface area is 162 Å². The Balaban J connectivity index is 1.53. The van der Waals surface area contributed by atoms with Gasteiger partial charge in [-0.3, -0.25) is 4.90 Å². The molecule has 0 aromatic heterocycles. The quantitative estimate of drug-likeness (QED) is 0.777. The van der Waals surface area contributed by atoms with Gasteiger partial charge in [0.2, 0.25) is 10.0 Å². The van der Waals surface area contributed by atoms with E-state index in [1.807, 2.05) is 12.1 Å². The summed E-state index contributed by atoms with van der Waals surface area (Å²) in [7, 11) is -4.20. The minimum absolute atomic E-state index is 0.0150. The Kier molecular flexibility index (Phi) is 4.97. The number of sulfonamides is 1. The van der Waals surface area contributed by atoms with E-state index in [2.05, 4.69) is 17.0 Å². The number of hydrogen-bond donors (Lipinski definition) is 0. The van der Waals surface area contributed by atoms with Crippen LogP contribution in [0.4, 0.5) is 13.2 Å². The average Bonchev–Trinajstić information content (AvgIpc) is 3.18. The number of rotatable bonds is 3. The third-order valence-corrected chi connectivity index (χ3v) is 7.54. The lowest BCUT2D eigenvalue weighted by Gasteiger charge is -2.33. The summed E-state index contributed by atoms with van der Waals surface area (Å²) in [6.45, 7) is 2.02. The van der Waals surface area contributed by atoms with Crippen LogP contribution in [0, 0.1) is 0 Å². The van der Waals surface area contributed by atoms with E-state index in [1.165, 1.54) is 27.6 Å². The minimum atomic E-state index is -4.71. The number of nitrogens with zero attached hydrogens (tertiary/aromatic N) is 2. The van der Waals surface area contributed by atoms with Gasteiger partial charge in [0.1, 0.15) is 0 Å². The average molecular weight is 410 g/mol. The van der Waals surface area contributed by atoms with E-state index < -0.39 is 26.7 Å². The molecule has 0 N–H and O–H groups in total. The second kappa shape index (κ2) is 7.17. The van der Waals surface area contributed by atoms with Crippen molar-refractivity contribution < 1.29 is 21.6 Å². The predicted octanol–water partition coefficient (Wildman–Crippen LogP) is 3.53. The first-order valence-electron chi connectivity index (χ1n) is 9.24. The van der Waals surface area contributed by atoms with Crippen LogP contribution >= 0.6 is 0 Å². The highest BCUT2D eigenvalue weighted by Gasteiger charge is 2.41. The maximum Gasteiger partial charge on any atom is 0.417 e. The Morgan fingerprint density at radius 1 is 0.929 bits per heavy atom. The van der Waals surface area contributed by atoms with Gasteiger partial charge in [-0.1, -0.05) is 36.4 Å². The summed E-state index contributed by atoms with van der Waals surface area (Å²) in [5.41, 5.74) is 1.43. The Hall–Kier alpha value is -1.90. The van der Waals surface area contributed by atoms with Crippen molar-refractivity contribution in [2.45, 2.75) is 36.5 Å². The topological polar surface area (TPSA) is 40.6 Å². The maximum atomic E-state index is 13.3. The van der Waals surface area contributed by atoms with Crippen molar-refractivity contribution in [3.63, 3.8) is 0 Å². The third kappa shape index (κ3) is 3.56. The first-order chi connectivity index (χ1) is 13.3. The number of benzene rings is 2. The molecule has 0 radical (unpaired) electrons. The SMILES string of the molecule is O=S(=O)(c1ccccc1C(F)(F)F)N1CCC(N2CCc3ccccc3C2)C1. The Bertz CT molecular complexity index is 975. The summed E-state index contributed by atoms with van der Waals surface area (Å²) < 4.78 is 66.9. The van der Waals surface area contributed by atoms with Gasteiger partial charge in [-0.2, -0.15) is 17.5 Å². The molecule has 4 nitrogen and oxygen atoms in total. The van der Waals surface area contributed by atoms with Crippen molar-refractivity contribution in [3.05, 3.63) is 65.2 Å². The lowest BCUT2D eigenvalue weighted by molar-refractivity contribution is -0.139. The monoisotopic (exact) mass is 410 g/mol. The summed E-state index contributed by atoms with van der Waals surface area (Å²) in [6, 6.07) is 12.6. The van der Waals surface area contributed by atoms with Crippen molar-refractivity contribution in [2.75, 3.05) is 19.6 Å². The molecule has 1 saturated heterocycles. The van der Waals surface area contributed by atoms with Crippen LogP contribution in [-0.4, -0.2) is 43.3 Å². The van der Waals surface area contributed by atoms with Gasteiger partial charge in [0.25, 0.3) is 0 Å². The molecule has 1 fully saturated rings. The van der Waals surface area contributed by atoms with Gasteiger partial charge in [-0.25, -0.2) is 8.42 Å². The zero-order valence-electron chi connectivity index (χ0n) is 15.2. The molecule has 1 atom stereocenters. The standard InChI is InChI=1S/C20H21F3N2O2S/c21-20(22,23)18-7-3-4-8-19(18)28(26,27)25-12-10-17(14-25)24-11-9-15-5-1-2-6-16(15)13-24/h1-8,17H,9-14H2. The maximum absolute atomic E-state index is 13.3. The smallest absolute Gasteiger partial charge is 0.294 e. The van der Waals surface area contributed by atoms with Crippen molar-refractivity contribution in [2.24, 2.45) is 0 Å². The molecule has 8 heteroatoms. The van der Waals surface area contributed by atoms with Crippen molar-refractivity contribution in [1.82, 2.24) is 9.21 Å². The largest absolute Gasteiger partial charge is 0.417 e. The summed E-state index contributed by atoms with van der Waals surface area (Å²) in [5.74, 6) is 0. The second-order valence-electron chi connectivity index (χ2n) is 7.29. The van der Waals surface area contributed by atoms with E-state index in [9.17, 15) is 21.6 Å². The Morgan fingerprint density at radius 3 is 2.36 bits per heavy atom. The molecule has 2 aromatic rings. The van der Waals surface area contributed by atoms with Crippen LogP contribution in [0.25, 0.3) is 0 Å². The van der Waals surface area contributed by atoms with E-state index in [-0.39, 0.29) is 19.1 Å². The lowest BCUT2D eigenvalue weighted by atomic mass is 9.98. The van der Waals surface area contributed by atoms with Gasteiger partial charge < -0.3 is 0 Å². The summed E-state index contributed by atoms with van der Waals surface area (Å²) >= 11 is 0. The van der Waals surface area contributed by atoms with Crippen LogP contribution in [-0.2, 0) is 29.2 Å². The van der Waals surface area contributed by atoms with E-state index in [1.54, 1.807) is 0 Å². The highest BCUT2D eigenvalue weighted by atomic mass is 32.2. The predicted molar refractivity (Wildman–Crippen MR) is 99.2 cm³/mol. The number of hydrogen-bond acceptors (Lipinski definition) is 3. The van der Waals surface area contributed by atoms with E-state index in [0.29, 0.717) is 6.42 Å². The molecule has 2 aliphatic heterocycles. The molecule has 2 aromatic carbocycles. The molecule has 0 saturated carbocycles. The van der Waals surface area contributed by atoms with Crippen LogP contribution in [0.3, 0.4) is 0 Å². The first kappa shape index (κ1) is 19.4. The summed E-state index contributed by atoms with van der Waals surface area (Å²) in [6.07, 6.45) is -3.19. The molecule has 0 aliphatic carbocycles. The zero-order chi connectivity index (χ0) is 19.9. The fourth-order valence-electron chi connectivity index (χ4n) is 4.12. The van der Waals surface area contributed by atoms with Gasteiger partial charge in [0.05, 0.1) is 10.5 Å². The van der Waals surface area contributed by atoms with Crippen molar-refractivity contribution in [1.29, 1.82) is 0 Å². The lowest BCUT2D eigenvalue weighted by Crippen LogP contribution is -2.41. The van der Waals surface area contributed by atoms with Crippen LogP contribution < -0.4 is 0 Å². The van der Waals surface area contributed by atoms with Crippen LogP contribution in [0.15, 0.2) is 53.4 Å². The fraction of sp³-hybridized carbons (Fsp3) is 0.400. The normalized spacial score (nSPS) is 21.6. The van der Waals surface area contributed by atoms with E-state index in [4.69, 9.17) is 0 Å². The fourth-order valence-corrected chi connectivity index (χ4v) is 5.83. The molecule has 2 aliphatic rings. The van der Waals surface area contributed by atoms with E-state index in [0.717, 1.165) is 31.6 Å². The molecule has 150 valence electrons. The summed E-state index contributed by atoms with van der Waals surface area (Å²) in [4.78, 5) is 1.58. The number of fused-ring (bicyclic) bond motifs is 1. The molecule has 4 rings (SSSR count). The van der Waals surface area contributed by atoms with Gasteiger partial charge in [-0.15, -0.1) is 0 Å². The van der Waals surface area contributed by atoms with Crippen LogP contribution in [0.5, 0.6) is 0 Å². The highest BCUT2D eigenvalue weighted by Crippen LogP contribution is 2.36. The molecular weight excluding hydrogens is 389 g/mol. The molecule has 0 bridgehead atoms. The third-order valence-electron chi connectivity index (χ3n) is 5.61. The van der Waals surface area contributed by atoms with Crippen molar-refractivity contribution >= 4 is 10.0 Å². The van der Waals surface area contributed by atoms with Crippen molar-refractivity contribution in [3.8, 4) is 0 Å². The minimum Gasteiger partial charge on any atom is -0.294 e. The van der Waals surface area contributed by atoms with Gasteiger partial charge in [0.15, 0.2) is 0 Å². The van der Waals surface area contributed by atoms with Crippen LogP contribution in [0.1, 0.15) is 23.1 Å². The molecule has 0 amide bonds. The Morgan fingerprint density at radius 2 is 1.61 bits per heavy atom. The first-order valence-corrected chi connectivity index (χ1v) is 10.7. The number of halogens is 3. The summed E-state index contributed by atoms with van der Waals surface area (Å²) in [5, 5.41) is 0. The molecule has 28 heavy (non-hydrogen) atoms. The van der Waals surface area contributed by atoms with Gasteiger partial charge >= 0.3 is 6.18 Å². The van der Waals surface area contributed by atoms with Crippen LogP contribution in [0.2, 0.25) is 0 Å².